The number of piperazine rings is 1. The van der Waals surface area contributed by atoms with Crippen molar-refractivity contribution in [1.82, 2.24) is 9.80 Å². The third-order valence-corrected chi connectivity index (χ3v) is 5.50. The number of carbonyl (C=O) groups excluding carboxylic acids is 3. The molecule has 31 heavy (non-hydrogen) atoms. The summed E-state index contributed by atoms with van der Waals surface area (Å²) < 4.78 is 10.5. The zero-order valence-electron chi connectivity index (χ0n) is 17.1. The summed E-state index contributed by atoms with van der Waals surface area (Å²) in [7, 11) is 1.35. The van der Waals surface area contributed by atoms with Crippen LogP contribution in [-0.4, -0.2) is 67.5 Å². The van der Waals surface area contributed by atoms with Gasteiger partial charge in [-0.25, -0.2) is 4.79 Å². The first-order valence-corrected chi connectivity index (χ1v) is 10.1. The number of amides is 2. The van der Waals surface area contributed by atoms with E-state index in [1.54, 1.807) is 47.4 Å². The number of nitrogens with zero attached hydrogens (tertiary/aromatic N) is 2. The highest BCUT2D eigenvalue weighted by Gasteiger charge is 2.33. The Morgan fingerprint density at radius 2 is 1.68 bits per heavy atom. The lowest BCUT2D eigenvalue weighted by molar-refractivity contribution is -0.148. The van der Waals surface area contributed by atoms with Crippen LogP contribution in [-0.2, 0) is 14.3 Å². The molecule has 1 atom stereocenters. The summed E-state index contributed by atoms with van der Waals surface area (Å²) in [6.45, 7) is 1.75. The topological polar surface area (TPSA) is 102 Å². The summed E-state index contributed by atoms with van der Waals surface area (Å²) in [6.07, 6.45) is 0. The summed E-state index contributed by atoms with van der Waals surface area (Å²) >= 11 is 6.30. The molecule has 0 bridgehead atoms. The Balaban J connectivity index is 1.57. The van der Waals surface area contributed by atoms with E-state index in [0.717, 1.165) is 0 Å². The van der Waals surface area contributed by atoms with Crippen molar-refractivity contribution in [1.29, 1.82) is 0 Å². The van der Waals surface area contributed by atoms with Crippen molar-refractivity contribution >= 4 is 29.4 Å². The van der Waals surface area contributed by atoms with Crippen LogP contribution in [0, 0.1) is 0 Å². The fraction of sp³-hybridized carbons (Fsp3) is 0.318. The number of rotatable bonds is 7. The van der Waals surface area contributed by atoms with Crippen LogP contribution in [0.25, 0.3) is 0 Å². The van der Waals surface area contributed by atoms with Gasteiger partial charge < -0.3 is 20.1 Å². The SMILES string of the molecule is COC(=O)C(c1ccccc1Cl)N1CCN(C(=O)COc2ccc(C(N)=O)cc2)CC1. The molecule has 8 nitrogen and oxygen atoms in total. The summed E-state index contributed by atoms with van der Waals surface area (Å²) in [6, 6.07) is 12.8. The summed E-state index contributed by atoms with van der Waals surface area (Å²) in [5.41, 5.74) is 6.26. The Morgan fingerprint density at radius 3 is 2.26 bits per heavy atom. The van der Waals surface area contributed by atoms with E-state index in [2.05, 4.69) is 0 Å². The first kappa shape index (κ1) is 22.6. The zero-order chi connectivity index (χ0) is 22.4. The van der Waals surface area contributed by atoms with Crippen LogP contribution in [0.2, 0.25) is 5.02 Å². The molecule has 9 heteroatoms. The lowest BCUT2D eigenvalue weighted by atomic mass is 10.0. The molecule has 1 heterocycles. The van der Waals surface area contributed by atoms with Gasteiger partial charge in [0.25, 0.3) is 5.91 Å². The molecule has 1 aliphatic heterocycles. The largest absolute Gasteiger partial charge is 0.484 e. The number of carbonyl (C=O) groups is 3. The van der Waals surface area contributed by atoms with E-state index < -0.39 is 17.9 Å². The minimum Gasteiger partial charge on any atom is -0.484 e. The lowest BCUT2D eigenvalue weighted by Gasteiger charge is -2.38. The second-order valence-corrected chi connectivity index (χ2v) is 7.45. The molecule has 0 spiro atoms. The van der Waals surface area contributed by atoms with Gasteiger partial charge in [0.05, 0.1) is 7.11 Å². The molecule has 2 aromatic rings. The highest BCUT2D eigenvalue weighted by molar-refractivity contribution is 6.31. The minimum atomic E-state index is -0.629. The van der Waals surface area contributed by atoms with Gasteiger partial charge in [-0.05, 0) is 35.9 Å². The van der Waals surface area contributed by atoms with Gasteiger partial charge in [-0.3, -0.25) is 14.5 Å². The Morgan fingerprint density at radius 1 is 1.03 bits per heavy atom. The average molecular weight is 446 g/mol. The summed E-state index contributed by atoms with van der Waals surface area (Å²) in [5, 5.41) is 0.493. The number of nitrogens with two attached hydrogens (primary N) is 1. The van der Waals surface area contributed by atoms with Crippen molar-refractivity contribution in [2.45, 2.75) is 6.04 Å². The van der Waals surface area contributed by atoms with E-state index in [1.807, 2.05) is 11.0 Å². The average Bonchev–Trinajstić information content (AvgIpc) is 2.79. The second kappa shape index (κ2) is 10.3. The smallest absolute Gasteiger partial charge is 0.327 e. The molecule has 0 radical (unpaired) electrons. The number of esters is 1. The maximum Gasteiger partial charge on any atom is 0.327 e. The van der Waals surface area contributed by atoms with Gasteiger partial charge in [-0.2, -0.15) is 0 Å². The van der Waals surface area contributed by atoms with E-state index in [0.29, 0.717) is 48.1 Å². The van der Waals surface area contributed by atoms with Gasteiger partial charge in [0, 0.05) is 36.8 Å². The van der Waals surface area contributed by atoms with Crippen LogP contribution in [0.3, 0.4) is 0 Å². The number of hydrogen-bond acceptors (Lipinski definition) is 6. The maximum atomic E-state index is 12.5. The predicted molar refractivity (Wildman–Crippen MR) is 115 cm³/mol. The van der Waals surface area contributed by atoms with Crippen LogP contribution in [0.4, 0.5) is 0 Å². The monoisotopic (exact) mass is 445 g/mol. The molecule has 1 unspecified atom stereocenters. The van der Waals surface area contributed by atoms with Gasteiger partial charge in [-0.15, -0.1) is 0 Å². The Labute approximate surface area is 185 Å². The number of methoxy groups -OCH3 is 1. The van der Waals surface area contributed by atoms with E-state index in [1.165, 1.54) is 7.11 Å². The first-order valence-electron chi connectivity index (χ1n) is 9.77. The maximum absolute atomic E-state index is 12.5. The van der Waals surface area contributed by atoms with Crippen molar-refractivity contribution in [2.75, 3.05) is 39.9 Å². The molecule has 1 saturated heterocycles. The Bertz CT molecular complexity index is 942. The van der Waals surface area contributed by atoms with Crippen molar-refractivity contribution < 1.29 is 23.9 Å². The molecular weight excluding hydrogens is 422 g/mol. The molecule has 2 N–H and O–H groups in total. The van der Waals surface area contributed by atoms with Crippen LogP contribution < -0.4 is 10.5 Å². The molecule has 2 amide bonds. The molecular formula is C22H24ClN3O5. The fourth-order valence-corrected chi connectivity index (χ4v) is 3.70. The predicted octanol–water partition coefficient (Wildman–Crippen LogP) is 1.88. The first-order chi connectivity index (χ1) is 14.9. The molecule has 2 aromatic carbocycles. The van der Waals surface area contributed by atoms with Crippen LogP contribution in [0.15, 0.2) is 48.5 Å². The van der Waals surface area contributed by atoms with Crippen LogP contribution in [0.5, 0.6) is 5.75 Å². The van der Waals surface area contributed by atoms with E-state index in [-0.39, 0.29) is 12.5 Å². The Hall–Kier alpha value is -3.10. The molecule has 1 fully saturated rings. The molecule has 3 rings (SSSR count). The van der Waals surface area contributed by atoms with Crippen molar-refractivity contribution in [3.63, 3.8) is 0 Å². The zero-order valence-corrected chi connectivity index (χ0v) is 17.9. The highest BCUT2D eigenvalue weighted by Crippen LogP contribution is 2.29. The van der Waals surface area contributed by atoms with Gasteiger partial charge in [0.2, 0.25) is 5.91 Å². The van der Waals surface area contributed by atoms with E-state index >= 15 is 0 Å². The Kier molecular flexibility index (Phi) is 7.49. The quantitative estimate of drug-likeness (QED) is 0.653. The van der Waals surface area contributed by atoms with Crippen molar-refractivity contribution in [3.8, 4) is 5.75 Å². The molecule has 0 aliphatic carbocycles. The number of benzene rings is 2. The third-order valence-electron chi connectivity index (χ3n) is 5.16. The summed E-state index contributed by atoms with van der Waals surface area (Å²) in [4.78, 5) is 39.7. The molecule has 164 valence electrons. The van der Waals surface area contributed by atoms with Gasteiger partial charge in [0.15, 0.2) is 6.61 Å². The van der Waals surface area contributed by atoms with Crippen molar-refractivity contribution in [3.05, 3.63) is 64.7 Å². The minimum absolute atomic E-state index is 0.124. The van der Waals surface area contributed by atoms with Gasteiger partial charge >= 0.3 is 5.97 Å². The molecule has 0 aromatic heterocycles. The molecule has 1 aliphatic rings. The number of halogens is 1. The molecule has 0 saturated carbocycles. The van der Waals surface area contributed by atoms with Crippen LogP contribution >= 0.6 is 11.6 Å². The van der Waals surface area contributed by atoms with Crippen molar-refractivity contribution in [2.24, 2.45) is 5.73 Å². The van der Waals surface area contributed by atoms with Crippen LogP contribution in [0.1, 0.15) is 22.0 Å². The highest BCUT2D eigenvalue weighted by atomic mass is 35.5. The van der Waals surface area contributed by atoms with Gasteiger partial charge in [0.1, 0.15) is 11.8 Å². The normalized spacial score (nSPS) is 15.2. The van der Waals surface area contributed by atoms with E-state index in [9.17, 15) is 14.4 Å². The fourth-order valence-electron chi connectivity index (χ4n) is 3.46. The third kappa shape index (κ3) is 5.53. The van der Waals surface area contributed by atoms with Gasteiger partial charge in [-0.1, -0.05) is 29.8 Å². The standard InChI is InChI=1S/C22H24ClN3O5/c1-30-22(29)20(17-4-2-3-5-18(17)23)26-12-10-25(11-13-26)19(27)14-31-16-8-6-15(7-9-16)21(24)28/h2-9,20H,10-14H2,1H3,(H2,24,28). The number of primary amides is 1. The second-order valence-electron chi connectivity index (χ2n) is 7.04. The number of hydrogen-bond donors (Lipinski definition) is 1. The lowest BCUT2D eigenvalue weighted by Crippen LogP contribution is -2.52. The summed E-state index contributed by atoms with van der Waals surface area (Å²) in [5.74, 6) is -0.606. The number of ether oxygens (including phenoxy) is 2. The van der Waals surface area contributed by atoms with E-state index in [4.69, 9.17) is 26.8 Å².